The van der Waals surface area contributed by atoms with Crippen LogP contribution < -0.4 is 9.64 Å². The average Bonchev–Trinajstić information content (AvgIpc) is 2.67. The van der Waals surface area contributed by atoms with Crippen molar-refractivity contribution >= 4 is 28.2 Å². The van der Waals surface area contributed by atoms with E-state index in [4.69, 9.17) is 9.84 Å². The minimum Gasteiger partial charge on any atom is -0.497 e. The second-order valence-electron chi connectivity index (χ2n) is 6.98. The van der Waals surface area contributed by atoms with Gasteiger partial charge in [-0.05, 0) is 43.5 Å². The molecule has 0 amide bonds. The molecule has 1 heterocycles. The number of Topliss-reactive ketones (excluding diaryl/α,β-unsaturated/α-hetero) is 1. The van der Waals surface area contributed by atoms with E-state index < -0.39 is 11.9 Å². The van der Waals surface area contributed by atoms with Crippen molar-refractivity contribution in [1.82, 2.24) is 4.90 Å². The van der Waals surface area contributed by atoms with Gasteiger partial charge in [-0.2, -0.15) is 0 Å². The average molecular weight is 370 g/mol. The van der Waals surface area contributed by atoms with Crippen LogP contribution in [0.1, 0.15) is 13.3 Å². The van der Waals surface area contributed by atoms with E-state index in [9.17, 15) is 9.59 Å². The van der Waals surface area contributed by atoms with E-state index in [0.29, 0.717) is 13.0 Å². The summed E-state index contributed by atoms with van der Waals surface area (Å²) in [5, 5.41) is 11.5. The van der Waals surface area contributed by atoms with E-state index in [1.165, 1.54) is 23.4 Å². The van der Waals surface area contributed by atoms with Gasteiger partial charge in [-0.1, -0.05) is 18.2 Å². The number of methoxy groups -OCH3 is 1. The standard InChI is InChI=1S/C21H26N2O4/c1-15(24)18(21(25)26)8-9-22-10-12-23(13-11-22)20-5-3-4-16-6-7-17(27-2)14-19(16)20/h3-7,14,18H,8-13H2,1-2H3,(H,25,26). The molecular formula is C21H26N2O4. The van der Waals surface area contributed by atoms with Crippen molar-refractivity contribution in [2.24, 2.45) is 5.92 Å². The number of carbonyl (C=O) groups is 2. The van der Waals surface area contributed by atoms with Crippen LogP contribution >= 0.6 is 0 Å². The second-order valence-corrected chi connectivity index (χ2v) is 6.98. The molecule has 0 bridgehead atoms. The molecule has 1 N–H and O–H groups in total. The Kier molecular flexibility index (Phi) is 5.96. The number of ketones is 1. The van der Waals surface area contributed by atoms with Crippen LogP contribution in [0.5, 0.6) is 5.75 Å². The molecule has 2 aromatic rings. The first-order valence-corrected chi connectivity index (χ1v) is 9.27. The SMILES string of the molecule is COc1ccc2cccc(N3CCN(CCC(C(C)=O)C(=O)O)CC3)c2c1. The Morgan fingerprint density at radius 3 is 2.52 bits per heavy atom. The van der Waals surface area contributed by atoms with Gasteiger partial charge in [-0.15, -0.1) is 0 Å². The lowest BCUT2D eigenvalue weighted by molar-refractivity contribution is -0.146. The van der Waals surface area contributed by atoms with E-state index in [2.05, 4.69) is 40.1 Å². The van der Waals surface area contributed by atoms with Gasteiger partial charge in [0.2, 0.25) is 0 Å². The minimum absolute atomic E-state index is 0.272. The Balaban J connectivity index is 1.65. The van der Waals surface area contributed by atoms with Crippen LogP contribution in [-0.4, -0.2) is 61.6 Å². The molecule has 1 aliphatic heterocycles. The number of aliphatic carboxylic acids is 1. The van der Waals surface area contributed by atoms with Gasteiger partial charge in [0.05, 0.1) is 7.11 Å². The number of rotatable bonds is 7. The van der Waals surface area contributed by atoms with Crippen molar-refractivity contribution in [2.45, 2.75) is 13.3 Å². The molecule has 1 fully saturated rings. The number of carboxylic acid groups (broad SMARTS) is 1. The van der Waals surface area contributed by atoms with Gasteiger partial charge in [0.15, 0.2) is 0 Å². The number of ether oxygens (including phenoxy) is 1. The van der Waals surface area contributed by atoms with E-state index in [1.54, 1.807) is 7.11 Å². The molecule has 6 heteroatoms. The molecule has 0 saturated carbocycles. The van der Waals surface area contributed by atoms with Crippen molar-refractivity contribution in [3.63, 3.8) is 0 Å². The molecule has 2 aromatic carbocycles. The fraction of sp³-hybridized carbons (Fsp3) is 0.429. The van der Waals surface area contributed by atoms with Crippen molar-refractivity contribution in [3.8, 4) is 5.75 Å². The molecule has 1 saturated heterocycles. The maximum atomic E-state index is 11.5. The molecule has 144 valence electrons. The van der Waals surface area contributed by atoms with Crippen LogP contribution in [0.15, 0.2) is 36.4 Å². The van der Waals surface area contributed by atoms with Crippen LogP contribution in [0.4, 0.5) is 5.69 Å². The number of carboxylic acids is 1. The zero-order valence-electron chi connectivity index (χ0n) is 15.9. The number of hydrogen-bond donors (Lipinski definition) is 1. The van der Waals surface area contributed by atoms with Crippen molar-refractivity contribution in [3.05, 3.63) is 36.4 Å². The normalized spacial score (nSPS) is 16.3. The highest BCUT2D eigenvalue weighted by Crippen LogP contribution is 2.30. The Labute approximate surface area is 159 Å². The van der Waals surface area contributed by atoms with E-state index in [1.807, 2.05) is 6.07 Å². The van der Waals surface area contributed by atoms with Gasteiger partial charge in [0.1, 0.15) is 17.5 Å². The number of piperazine rings is 1. The first kappa shape index (κ1) is 19.2. The Hall–Kier alpha value is -2.60. The lowest BCUT2D eigenvalue weighted by atomic mass is 10.0. The summed E-state index contributed by atoms with van der Waals surface area (Å²) >= 11 is 0. The number of carbonyl (C=O) groups excluding carboxylic acids is 1. The molecule has 0 aliphatic carbocycles. The Morgan fingerprint density at radius 2 is 1.89 bits per heavy atom. The summed E-state index contributed by atoms with van der Waals surface area (Å²) < 4.78 is 5.37. The molecular weight excluding hydrogens is 344 g/mol. The van der Waals surface area contributed by atoms with Crippen LogP contribution in [-0.2, 0) is 9.59 Å². The molecule has 1 aliphatic rings. The Morgan fingerprint density at radius 1 is 1.15 bits per heavy atom. The lowest BCUT2D eigenvalue weighted by Gasteiger charge is -2.37. The summed E-state index contributed by atoms with van der Waals surface area (Å²) in [4.78, 5) is 27.2. The molecule has 0 radical (unpaired) electrons. The molecule has 0 spiro atoms. The summed E-state index contributed by atoms with van der Waals surface area (Å²) in [7, 11) is 1.67. The van der Waals surface area contributed by atoms with Gasteiger partial charge in [-0.3, -0.25) is 14.5 Å². The quantitative estimate of drug-likeness (QED) is 0.756. The van der Waals surface area contributed by atoms with E-state index in [0.717, 1.165) is 31.9 Å². The fourth-order valence-electron chi connectivity index (χ4n) is 3.66. The van der Waals surface area contributed by atoms with Crippen LogP contribution in [0.3, 0.4) is 0 Å². The third-order valence-electron chi connectivity index (χ3n) is 5.30. The predicted molar refractivity (Wildman–Crippen MR) is 106 cm³/mol. The molecule has 27 heavy (non-hydrogen) atoms. The fourth-order valence-corrected chi connectivity index (χ4v) is 3.66. The summed E-state index contributed by atoms with van der Waals surface area (Å²) in [6, 6.07) is 12.4. The number of nitrogens with zero attached hydrogens (tertiary/aromatic N) is 2. The molecule has 3 rings (SSSR count). The topological polar surface area (TPSA) is 70.1 Å². The first-order chi connectivity index (χ1) is 13.0. The third kappa shape index (κ3) is 4.39. The van der Waals surface area contributed by atoms with Crippen molar-refractivity contribution < 1.29 is 19.4 Å². The lowest BCUT2D eigenvalue weighted by Crippen LogP contribution is -2.47. The summed E-state index contributed by atoms with van der Waals surface area (Å²) in [5.74, 6) is -1.34. The Bertz CT molecular complexity index is 814. The van der Waals surface area contributed by atoms with Gasteiger partial charge >= 0.3 is 5.97 Å². The largest absolute Gasteiger partial charge is 0.497 e. The van der Waals surface area contributed by atoms with Gasteiger partial charge in [-0.25, -0.2) is 0 Å². The van der Waals surface area contributed by atoms with Crippen LogP contribution in [0.2, 0.25) is 0 Å². The zero-order valence-corrected chi connectivity index (χ0v) is 15.9. The van der Waals surface area contributed by atoms with E-state index >= 15 is 0 Å². The summed E-state index contributed by atoms with van der Waals surface area (Å²) in [6.45, 7) is 5.43. The number of anilines is 1. The van der Waals surface area contributed by atoms with Crippen molar-refractivity contribution in [1.29, 1.82) is 0 Å². The maximum absolute atomic E-state index is 11.5. The molecule has 1 unspecified atom stereocenters. The zero-order chi connectivity index (χ0) is 19.4. The number of hydrogen-bond acceptors (Lipinski definition) is 5. The molecule has 0 aromatic heterocycles. The highest BCUT2D eigenvalue weighted by atomic mass is 16.5. The highest BCUT2D eigenvalue weighted by Gasteiger charge is 2.25. The summed E-state index contributed by atoms with van der Waals surface area (Å²) in [5.41, 5.74) is 1.19. The monoisotopic (exact) mass is 370 g/mol. The number of fused-ring (bicyclic) bond motifs is 1. The first-order valence-electron chi connectivity index (χ1n) is 9.27. The van der Waals surface area contributed by atoms with Gasteiger partial charge in [0, 0.05) is 37.3 Å². The second kappa shape index (κ2) is 8.39. The van der Waals surface area contributed by atoms with Crippen LogP contribution in [0, 0.1) is 5.92 Å². The third-order valence-corrected chi connectivity index (χ3v) is 5.30. The smallest absolute Gasteiger partial charge is 0.314 e. The van der Waals surface area contributed by atoms with Gasteiger partial charge < -0.3 is 14.7 Å². The van der Waals surface area contributed by atoms with Gasteiger partial charge in [0.25, 0.3) is 0 Å². The number of benzene rings is 2. The predicted octanol–water partition coefficient (Wildman–Crippen LogP) is 2.65. The van der Waals surface area contributed by atoms with Crippen molar-refractivity contribution in [2.75, 3.05) is 44.7 Å². The minimum atomic E-state index is -1.02. The van der Waals surface area contributed by atoms with Crippen LogP contribution in [0.25, 0.3) is 10.8 Å². The highest BCUT2D eigenvalue weighted by molar-refractivity contribution is 5.97. The summed E-state index contributed by atoms with van der Waals surface area (Å²) in [6.07, 6.45) is 0.371. The van der Waals surface area contributed by atoms with E-state index in [-0.39, 0.29) is 5.78 Å². The molecule has 1 atom stereocenters. The maximum Gasteiger partial charge on any atom is 0.314 e. The molecule has 6 nitrogen and oxygen atoms in total.